The number of aliphatic carboxylic acids is 2. The number of carbonyl (C=O) groups excluding carboxylic acids is 2. The van der Waals surface area contributed by atoms with Crippen molar-refractivity contribution in [1.82, 2.24) is 0 Å². The first-order valence-corrected chi connectivity index (χ1v) is 20.4. The van der Waals surface area contributed by atoms with Crippen LogP contribution < -0.4 is 78.8 Å². The van der Waals surface area contributed by atoms with Gasteiger partial charge in [0.2, 0.25) is 0 Å². The molecule has 2 saturated carbocycles. The van der Waals surface area contributed by atoms with Crippen molar-refractivity contribution in [1.29, 1.82) is 0 Å². The number of allylic oxidation sites excluding steroid dienone is 4. The summed E-state index contributed by atoms with van der Waals surface area (Å²) < 4.78 is 11.0. The number of aliphatic hydroxyl groups excluding tert-OH is 6. The average Bonchev–Trinajstić information content (AvgIpc) is 3.60. The fourth-order valence-corrected chi connectivity index (χ4v) is 7.35. The van der Waals surface area contributed by atoms with Crippen LogP contribution in [0.1, 0.15) is 64.2 Å². The van der Waals surface area contributed by atoms with E-state index < -0.39 is 48.6 Å². The molecule has 0 bridgehead atoms. The van der Waals surface area contributed by atoms with E-state index in [0.717, 1.165) is 0 Å². The third kappa shape index (κ3) is 22.1. The average molecular weight is 894 g/mol. The van der Waals surface area contributed by atoms with E-state index >= 15 is 0 Å². The molecule has 0 unspecified atom stereocenters. The minimum Gasteiger partial charge on any atom is -0.550 e. The van der Waals surface area contributed by atoms with Crippen LogP contribution in [0.25, 0.3) is 0 Å². The van der Waals surface area contributed by atoms with Crippen LogP contribution in [-0.2, 0) is 9.59 Å². The van der Waals surface area contributed by atoms with E-state index in [1.165, 1.54) is 0 Å². The van der Waals surface area contributed by atoms with Crippen molar-refractivity contribution in [2.24, 2.45) is 23.7 Å². The zero-order chi connectivity index (χ0) is 42.5. The Morgan fingerprint density at radius 1 is 0.650 bits per heavy atom. The van der Waals surface area contributed by atoms with E-state index in [0.29, 0.717) is 60.1 Å². The van der Waals surface area contributed by atoms with Crippen LogP contribution in [0.4, 0.5) is 0 Å². The molecule has 2 aromatic carbocycles. The van der Waals surface area contributed by atoms with E-state index in [1.807, 2.05) is 24.3 Å². The monoisotopic (exact) mass is 892 g/mol. The van der Waals surface area contributed by atoms with Gasteiger partial charge in [-0.1, -0.05) is 83.9 Å². The maximum Gasteiger partial charge on any atom is 1.00 e. The Hall–Kier alpha value is -1.72. The van der Waals surface area contributed by atoms with Gasteiger partial charge >= 0.3 is 59.1 Å². The SMILES string of the molecule is O=C([O-])CCC/C=C\C[C@@H]1[C@@H](/C=C/[C@@H](O)COc2cccc(Cl)c2)[C@H](O)C[C@@H]1O.O=C([O-])CCC/C=C\C[C@H]1[C@H](/C=C/[C@H](O)COc2cccc(Cl)c2)[C@@H](O)C[C@H]1O.[Na+].[Na+]. The van der Waals surface area contributed by atoms with E-state index in [4.69, 9.17) is 32.7 Å². The van der Waals surface area contributed by atoms with Crippen LogP contribution in [0.3, 0.4) is 0 Å². The number of carboxylic acids is 2. The van der Waals surface area contributed by atoms with Gasteiger partial charge in [0.25, 0.3) is 0 Å². The Morgan fingerprint density at radius 3 is 1.38 bits per heavy atom. The first-order valence-electron chi connectivity index (χ1n) is 19.6. The molecule has 0 heterocycles. The molecule has 6 N–H and O–H groups in total. The van der Waals surface area contributed by atoms with Gasteiger partial charge in [0.1, 0.15) is 36.9 Å². The molecule has 0 radical (unpaired) electrons. The number of hydrogen-bond acceptors (Lipinski definition) is 12. The molecular formula is C44H56Cl2Na2O12. The molecule has 0 aromatic heterocycles. The third-order valence-electron chi connectivity index (χ3n) is 10.0. The number of carbonyl (C=O) groups is 2. The molecule has 320 valence electrons. The molecule has 0 aliphatic heterocycles. The van der Waals surface area contributed by atoms with Gasteiger partial charge in [0.05, 0.1) is 24.4 Å². The maximum atomic E-state index is 10.4. The van der Waals surface area contributed by atoms with Gasteiger partial charge in [-0.05, 0) is 99.6 Å². The van der Waals surface area contributed by atoms with Gasteiger partial charge in [0, 0.05) is 46.7 Å². The maximum absolute atomic E-state index is 10.4. The summed E-state index contributed by atoms with van der Waals surface area (Å²) in [7, 11) is 0. The Balaban J connectivity index is 0.000000581. The summed E-state index contributed by atoms with van der Waals surface area (Å²) in [6.07, 6.45) is 13.9. The van der Waals surface area contributed by atoms with Crippen molar-refractivity contribution in [3.8, 4) is 11.5 Å². The topological polar surface area (TPSA) is 220 Å². The van der Waals surface area contributed by atoms with Crippen LogP contribution in [0.2, 0.25) is 10.0 Å². The smallest absolute Gasteiger partial charge is 0.550 e. The molecule has 0 saturated heterocycles. The zero-order valence-corrected chi connectivity index (χ0v) is 39.9. The van der Waals surface area contributed by atoms with Gasteiger partial charge in [-0.3, -0.25) is 0 Å². The molecule has 10 atom stereocenters. The third-order valence-corrected chi connectivity index (χ3v) is 10.5. The van der Waals surface area contributed by atoms with Gasteiger partial charge < -0.3 is 59.9 Å². The molecule has 60 heavy (non-hydrogen) atoms. The number of rotatable bonds is 22. The van der Waals surface area contributed by atoms with E-state index in [9.17, 15) is 50.4 Å². The number of halogens is 2. The van der Waals surface area contributed by atoms with Crippen LogP contribution in [0.15, 0.2) is 97.1 Å². The van der Waals surface area contributed by atoms with Gasteiger partial charge in [-0.25, -0.2) is 0 Å². The Kier molecular flexibility index (Phi) is 29.3. The van der Waals surface area contributed by atoms with Gasteiger partial charge in [-0.2, -0.15) is 0 Å². The van der Waals surface area contributed by atoms with Crippen molar-refractivity contribution in [2.75, 3.05) is 13.2 Å². The largest absolute Gasteiger partial charge is 1.00 e. The Bertz CT molecular complexity index is 1540. The van der Waals surface area contributed by atoms with Crippen molar-refractivity contribution >= 4 is 35.1 Å². The summed E-state index contributed by atoms with van der Waals surface area (Å²) in [5, 5.41) is 83.1. The fraction of sp³-hybridized carbons (Fsp3) is 0.500. The normalized spacial score (nSPS) is 24.8. The summed E-state index contributed by atoms with van der Waals surface area (Å²) >= 11 is 11.8. The van der Waals surface area contributed by atoms with Crippen LogP contribution in [0, 0.1) is 23.7 Å². The van der Waals surface area contributed by atoms with Crippen LogP contribution >= 0.6 is 23.2 Å². The molecule has 2 aliphatic carbocycles. The zero-order valence-electron chi connectivity index (χ0n) is 34.4. The summed E-state index contributed by atoms with van der Waals surface area (Å²) in [5.41, 5.74) is 0. The predicted molar refractivity (Wildman–Crippen MR) is 217 cm³/mol. The van der Waals surface area contributed by atoms with Gasteiger partial charge in [0.15, 0.2) is 0 Å². The summed E-state index contributed by atoms with van der Waals surface area (Å²) in [6.45, 7) is 0.0937. The first-order chi connectivity index (χ1) is 27.7. The van der Waals surface area contributed by atoms with Crippen molar-refractivity contribution < 1.29 is 119 Å². The second kappa shape index (κ2) is 31.2. The molecular weight excluding hydrogens is 837 g/mol. The molecule has 2 aliphatic rings. The number of unbranched alkanes of at least 4 members (excludes halogenated alkanes) is 2. The van der Waals surface area contributed by atoms with Crippen molar-refractivity contribution in [2.45, 2.75) is 101 Å². The van der Waals surface area contributed by atoms with E-state index in [-0.39, 0.29) is 122 Å². The van der Waals surface area contributed by atoms with Gasteiger partial charge in [-0.15, -0.1) is 0 Å². The molecule has 0 spiro atoms. The number of carboxylic acid groups (broad SMARTS) is 2. The predicted octanol–water partition coefficient (Wildman–Crippen LogP) is -2.27. The van der Waals surface area contributed by atoms with E-state index in [2.05, 4.69) is 0 Å². The Labute approximate surface area is 407 Å². The Morgan fingerprint density at radius 2 is 1.03 bits per heavy atom. The summed E-state index contributed by atoms with van der Waals surface area (Å²) in [4.78, 5) is 20.8. The number of ether oxygens (including phenoxy) is 2. The second-order valence-electron chi connectivity index (χ2n) is 14.6. The molecule has 2 fully saturated rings. The van der Waals surface area contributed by atoms with Crippen LogP contribution in [0.5, 0.6) is 11.5 Å². The number of hydrogen-bond donors (Lipinski definition) is 6. The summed E-state index contributed by atoms with van der Waals surface area (Å²) in [5.74, 6) is -1.89. The standard InChI is InChI=1S/2C22H29ClO6.2Na/c2*23-15-6-5-7-17(12-15)29-14-16(24)10-11-19-18(20(25)13-21(19)26)8-3-1-2-4-9-22(27)28;;/h2*1,3,5-7,10-12,16,18-21,24-26H,2,4,8-9,13-14H2,(H,27,28);;/q;;2*+1/p-2/b2*3-1-,11-10+;;/t2*16-,18-,19-,20+,21-;;/m10../s1. The minimum atomic E-state index is -1.06. The molecule has 2 aromatic rings. The van der Waals surface area contributed by atoms with E-state index in [1.54, 1.807) is 72.8 Å². The quantitative estimate of drug-likeness (QED) is 0.0419. The minimum absolute atomic E-state index is 0. The number of aliphatic hydroxyl groups is 6. The van der Waals surface area contributed by atoms with Crippen molar-refractivity contribution in [3.05, 3.63) is 107 Å². The van der Waals surface area contributed by atoms with Crippen LogP contribution in [-0.4, -0.2) is 92.4 Å². The molecule has 0 amide bonds. The molecule has 16 heteroatoms. The molecule has 4 rings (SSSR count). The first kappa shape index (κ1) is 56.3. The van der Waals surface area contributed by atoms with Crippen molar-refractivity contribution in [3.63, 3.8) is 0 Å². The fourth-order valence-electron chi connectivity index (χ4n) is 6.98. The second-order valence-corrected chi connectivity index (χ2v) is 15.5. The number of benzene rings is 2. The summed E-state index contributed by atoms with van der Waals surface area (Å²) in [6, 6.07) is 13.8. The molecule has 12 nitrogen and oxygen atoms in total.